The summed E-state index contributed by atoms with van der Waals surface area (Å²) in [6.45, 7) is 9.88. The van der Waals surface area contributed by atoms with E-state index in [9.17, 15) is 9.18 Å². The predicted octanol–water partition coefficient (Wildman–Crippen LogP) is 4.09. The summed E-state index contributed by atoms with van der Waals surface area (Å²) in [5, 5.41) is 0. The molecule has 0 aromatic heterocycles. The molecule has 0 N–H and O–H groups in total. The van der Waals surface area contributed by atoms with Crippen LogP contribution in [0.25, 0.3) is 0 Å². The highest BCUT2D eigenvalue weighted by atomic mass is 19.1. The molecule has 1 aliphatic carbocycles. The molecule has 118 valence electrons. The maximum Gasteiger partial charge on any atom is 0.367 e. The second-order valence-electron chi connectivity index (χ2n) is 6.86. The Hall–Kier alpha value is -1.16. The number of esters is 1. The van der Waals surface area contributed by atoms with Crippen LogP contribution in [0.5, 0.6) is 0 Å². The molecule has 0 aromatic rings. The largest absolute Gasteiger partial charge is 0.461 e. The van der Waals surface area contributed by atoms with Gasteiger partial charge in [-0.1, -0.05) is 19.9 Å². The second kappa shape index (κ2) is 5.24. The zero-order chi connectivity index (χ0) is 15.9. The van der Waals surface area contributed by atoms with Crippen LogP contribution in [0.1, 0.15) is 53.9 Å². The van der Waals surface area contributed by atoms with Crippen LogP contribution in [-0.2, 0) is 14.3 Å². The monoisotopic (exact) mass is 296 g/mol. The Kier molecular flexibility index (Phi) is 4.04. The summed E-state index contributed by atoms with van der Waals surface area (Å²) in [7, 11) is 0. The van der Waals surface area contributed by atoms with Crippen molar-refractivity contribution in [2.45, 2.75) is 65.1 Å². The van der Waals surface area contributed by atoms with E-state index in [4.69, 9.17) is 4.74 Å². The van der Waals surface area contributed by atoms with Crippen LogP contribution in [-0.4, -0.2) is 23.8 Å². The minimum Gasteiger partial charge on any atom is -0.461 e. The van der Waals surface area contributed by atoms with Crippen molar-refractivity contribution in [3.8, 4) is 0 Å². The molecule has 21 heavy (non-hydrogen) atoms. The number of carbonyl (C=O) groups excluding carboxylic acids is 1. The molecule has 4 heteroatoms. The van der Waals surface area contributed by atoms with E-state index in [2.05, 4.69) is 25.5 Å². The third kappa shape index (κ3) is 2.54. The van der Waals surface area contributed by atoms with Crippen LogP contribution in [0.4, 0.5) is 4.39 Å². The topological polar surface area (TPSA) is 38.8 Å². The first-order valence-corrected chi connectivity index (χ1v) is 7.62. The van der Waals surface area contributed by atoms with Gasteiger partial charge in [-0.25, -0.2) is 4.79 Å². The van der Waals surface area contributed by atoms with E-state index < -0.39 is 11.8 Å². The molecule has 2 aliphatic rings. The molecule has 1 heterocycles. The molecule has 2 rings (SSSR count). The Morgan fingerprint density at radius 2 is 2.00 bits per heavy atom. The number of fused-ring (bicyclic) bond motifs is 1. The molecule has 1 saturated heterocycles. The number of hydrogen-bond acceptors (Lipinski definition) is 3. The number of rotatable bonds is 4. The Balaban J connectivity index is 2.21. The van der Waals surface area contributed by atoms with Crippen LogP contribution < -0.4 is 0 Å². The number of allylic oxidation sites excluding steroid dienone is 2. The van der Waals surface area contributed by atoms with E-state index in [0.29, 0.717) is 0 Å². The van der Waals surface area contributed by atoms with E-state index >= 15 is 0 Å². The van der Waals surface area contributed by atoms with Crippen molar-refractivity contribution in [3.63, 3.8) is 0 Å². The number of epoxide rings is 1. The van der Waals surface area contributed by atoms with Gasteiger partial charge in [0.1, 0.15) is 5.60 Å². The molecule has 0 bridgehead atoms. The van der Waals surface area contributed by atoms with Gasteiger partial charge in [0.05, 0.1) is 12.2 Å². The first-order chi connectivity index (χ1) is 9.69. The fourth-order valence-electron chi connectivity index (χ4n) is 3.58. The van der Waals surface area contributed by atoms with Crippen molar-refractivity contribution < 1.29 is 18.7 Å². The zero-order valence-electron chi connectivity index (χ0n) is 13.6. The molecule has 0 radical (unpaired) electrons. The van der Waals surface area contributed by atoms with Gasteiger partial charge in [0.15, 0.2) is 0 Å². The lowest BCUT2D eigenvalue weighted by Crippen LogP contribution is -2.41. The average molecular weight is 296 g/mol. The molecule has 0 amide bonds. The Morgan fingerprint density at radius 3 is 2.57 bits per heavy atom. The molecule has 3 nitrogen and oxygen atoms in total. The Bertz CT molecular complexity index is 506. The fraction of sp³-hybridized carbons (Fsp3) is 0.706. The van der Waals surface area contributed by atoms with Crippen molar-refractivity contribution in [1.29, 1.82) is 0 Å². The van der Waals surface area contributed by atoms with E-state index in [-0.39, 0.29) is 28.8 Å². The summed E-state index contributed by atoms with van der Waals surface area (Å²) in [6, 6.07) is 0. The first-order valence-electron chi connectivity index (χ1n) is 7.62. The molecule has 2 fully saturated rings. The summed E-state index contributed by atoms with van der Waals surface area (Å²) < 4.78 is 24.6. The van der Waals surface area contributed by atoms with Gasteiger partial charge in [-0.3, -0.25) is 0 Å². The van der Waals surface area contributed by atoms with Crippen LogP contribution in [0.15, 0.2) is 23.6 Å². The lowest BCUT2D eigenvalue weighted by molar-refractivity contribution is -0.140. The minimum absolute atomic E-state index is 0.0111. The third-order valence-corrected chi connectivity index (χ3v) is 4.96. The van der Waals surface area contributed by atoms with Gasteiger partial charge >= 0.3 is 5.97 Å². The van der Waals surface area contributed by atoms with E-state index in [1.165, 1.54) is 0 Å². The molecule has 1 saturated carbocycles. The highest BCUT2D eigenvalue weighted by Gasteiger charge is 2.73. The summed E-state index contributed by atoms with van der Waals surface area (Å²) in [5.74, 6) is -1.74. The highest BCUT2D eigenvalue weighted by molar-refractivity contribution is 5.87. The number of ether oxygens (including phenoxy) is 2. The summed E-state index contributed by atoms with van der Waals surface area (Å²) >= 11 is 0. The fourth-order valence-corrected chi connectivity index (χ4v) is 3.58. The number of halogens is 1. The zero-order valence-corrected chi connectivity index (χ0v) is 13.6. The molecule has 0 spiro atoms. The molecular weight excluding hydrogens is 271 g/mol. The van der Waals surface area contributed by atoms with Gasteiger partial charge in [0.25, 0.3) is 0 Å². The maximum atomic E-state index is 13.9. The Labute approximate surface area is 126 Å². The van der Waals surface area contributed by atoms with Crippen LogP contribution in [0.3, 0.4) is 0 Å². The SMILES string of the molecule is CCOC(=O)/C(F)=C(C)\C=C\[C@]12O[C@@]1(C)CCCC2(C)C. The van der Waals surface area contributed by atoms with Gasteiger partial charge in [0.2, 0.25) is 5.83 Å². The van der Waals surface area contributed by atoms with E-state index in [1.807, 2.05) is 6.08 Å². The van der Waals surface area contributed by atoms with Gasteiger partial charge < -0.3 is 9.47 Å². The Morgan fingerprint density at radius 1 is 1.33 bits per heavy atom. The summed E-state index contributed by atoms with van der Waals surface area (Å²) in [5.41, 5.74) is -0.223. The molecule has 1 aliphatic heterocycles. The van der Waals surface area contributed by atoms with Gasteiger partial charge in [0, 0.05) is 5.41 Å². The number of carbonyl (C=O) groups is 1. The van der Waals surface area contributed by atoms with Crippen molar-refractivity contribution in [2.75, 3.05) is 6.61 Å². The predicted molar refractivity (Wildman–Crippen MR) is 79.4 cm³/mol. The average Bonchev–Trinajstić information content (AvgIpc) is 3.03. The molecule has 2 atom stereocenters. The second-order valence-corrected chi connectivity index (χ2v) is 6.86. The lowest BCUT2D eigenvalue weighted by atomic mass is 9.64. The lowest BCUT2D eigenvalue weighted by Gasteiger charge is -2.36. The third-order valence-electron chi connectivity index (χ3n) is 4.96. The van der Waals surface area contributed by atoms with E-state index in [0.717, 1.165) is 19.3 Å². The molecular formula is C17H25FO3. The normalized spacial score (nSPS) is 35.1. The van der Waals surface area contributed by atoms with Crippen LogP contribution in [0, 0.1) is 5.41 Å². The smallest absolute Gasteiger partial charge is 0.367 e. The van der Waals surface area contributed by atoms with E-state index in [1.54, 1.807) is 19.9 Å². The van der Waals surface area contributed by atoms with Crippen molar-refractivity contribution >= 4 is 5.97 Å². The summed E-state index contributed by atoms with van der Waals surface area (Å²) in [4.78, 5) is 11.4. The van der Waals surface area contributed by atoms with Crippen LogP contribution >= 0.6 is 0 Å². The summed E-state index contributed by atoms with van der Waals surface area (Å²) in [6.07, 6.45) is 6.83. The quantitative estimate of drug-likeness (QED) is 0.339. The van der Waals surface area contributed by atoms with Gasteiger partial charge in [-0.05, 0) is 51.7 Å². The molecule has 0 unspecified atom stereocenters. The highest BCUT2D eigenvalue weighted by Crippen LogP contribution is 2.66. The van der Waals surface area contributed by atoms with Gasteiger partial charge in [-0.2, -0.15) is 4.39 Å². The number of hydrogen-bond donors (Lipinski definition) is 0. The van der Waals surface area contributed by atoms with Crippen molar-refractivity contribution in [1.82, 2.24) is 0 Å². The first kappa shape index (κ1) is 16.2. The minimum atomic E-state index is -0.903. The van der Waals surface area contributed by atoms with Crippen molar-refractivity contribution in [3.05, 3.63) is 23.6 Å². The van der Waals surface area contributed by atoms with Crippen LogP contribution in [0.2, 0.25) is 0 Å². The maximum absolute atomic E-state index is 13.9. The molecule has 0 aromatic carbocycles. The van der Waals surface area contributed by atoms with Gasteiger partial charge in [-0.15, -0.1) is 0 Å². The standard InChI is InChI=1S/C17H25FO3/c1-6-20-14(19)13(18)12(2)8-11-17-15(3,4)9-7-10-16(17,5)21-17/h8,11H,6-7,9-10H2,1-5H3/b11-8+,13-12+/t16-,17+/m0/s1. The van der Waals surface area contributed by atoms with Crippen molar-refractivity contribution in [2.24, 2.45) is 5.41 Å².